The molecule has 0 aliphatic heterocycles. The van der Waals surface area contributed by atoms with E-state index in [1.54, 1.807) is 6.07 Å². The van der Waals surface area contributed by atoms with Crippen molar-refractivity contribution in [2.24, 2.45) is 0 Å². The number of carboxylic acid groups (broad SMARTS) is 1. The fourth-order valence-electron chi connectivity index (χ4n) is 0.987. The fraction of sp³-hybridized carbons (Fsp3) is 0.333. The van der Waals surface area contributed by atoms with Gasteiger partial charge in [-0.15, -0.1) is 11.3 Å². The minimum atomic E-state index is -0.851. The molecule has 7 heteroatoms. The third kappa shape index (κ3) is 4.23. The molecule has 1 amide bonds. The predicted octanol–water partition coefficient (Wildman–Crippen LogP) is 2.87. The number of carbonyl (C=O) groups is 2. The van der Waals surface area contributed by atoms with Gasteiger partial charge in [-0.2, -0.15) is 0 Å². The lowest BCUT2D eigenvalue weighted by atomic mass is 10.3. The minimum Gasteiger partial charge on any atom is -0.481 e. The number of thiophene rings is 1. The van der Waals surface area contributed by atoms with Crippen molar-refractivity contribution in [1.82, 2.24) is 5.32 Å². The summed E-state index contributed by atoms with van der Waals surface area (Å²) in [6.45, 7) is 0.373. The van der Waals surface area contributed by atoms with Gasteiger partial charge in [0.25, 0.3) is 5.91 Å². The van der Waals surface area contributed by atoms with Gasteiger partial charge < -0.3 is 10.4 Å². The van der Waals surface area contributed by atoms with E-state index < -0.39 is 5.97 Å². The summed E-state index contributed by atoms with van der Waals surface area (Å²) in [5.74, 6) is -1.03. The summed E-state index contributed by atoms with van der Waals surface area (Å²) in [7, 11) is 0. The first-order chi connectivity index (χ1) is 7.50. The van der Waals surface area contributed by atoms with Gasteiger partial charge in [0.05, 0.1) is 8.66 Å². The number of nitrogens with one attached hydrogen (secondary N) is 1. The molecule has 1 rings (SSSR count). The maximum absolute atomic E-state index is 11.6. The van der Waals surface area contributed by atoms with Crippen LogP contribution >= 0.6 is 43.2 Å². The van der Waals surface area contributed by atoms with Crippen LogP contribution in [0.25, 0.3) is 0 Å². The molecular weight excluding hydrogens is 362 g/mol. The largest absolute Gasteiger partial charge is 0.481 e. The third-order valence-corrected chi connectivity index (χ3v) is 4.98. The van der Waals surface area contributed by atoms with Crippen molar-refractivity contribution >= 4 is 55.1 Å². The van der Waals surface area contributed by atoms with Crippen molar-refractivity contribution in [3.8, 4) is 0 Å². The fourth-order valence-corrected chi connectivity index (χ4v) is 2.94. The zero-order valence-corrected chi connectivity index (χ0v) is 12.1. The van der Waals surface area contributed by atoms with E-state index in [2.05, 4.69) is 37.2 Å². The van der Waals surface area contributed by atoms with Crippen LogP contribution in [0.15, 0.2) is 14.3 Å². The Labute approximate surface area is 113 Å². The summed E-state index contributed by atoms with van der Waals surface area (Å²) in [5.41, 5.74) is 0. The Morgan fingerprint density at radius 3 is 2.62 bits per heavy atom. The van der Waals surface area contributed by atoms with Crippen LogP contribution in [0.2, 0.25) is 0 Å². The highest BCUT2D eigenvalue weighted by molar-refractivity contribution is 9.13. The number of halogens is 2. The molecule has 1 aromatic rings. The highest BCUT2D eigenvalue weighted by atomic mass is 79.9. The van der Waals surface area contributed by atoms with Crippen LogP contribution in [0.3, 0.4) is 0 Å². The maximum Gasteiger partial charge on any atom is 0.303 e. The molecule has 1 aromatic heterocycles. The van der Waals surface area contributed by atoms with Crippen molar-refractivity contribution in [3.05, 3.63) is 19.2 Å². The van der Waals surface area contributed by atoms with Crippen molar-refractivity contribution < 1.29 is 14.7 Å². The Kier molecular flexibility index (Phi) is 5.43. The average Bonchev–Trinajstić information content (AvgIpc) is 2.54. The lowest BCUT2D eigenvalue weighted by Crippen LogP contribution is -2.23. The Morgan fingerprint density at radius 1 is 1.44 bits per heavy atom. The van der Waals surface area contributed by atoms with Gasteiger partial charge in [-0.1, -0.05) is 0 Å². The quantitative estimate of drug-likeness (QED) is 0.783. The van der Waals surface area contributed by atoms with E-state index in [-0.39, 0.29) is 12.3 Å². The molecule has 0 atom stereocenters. The molecule has 0 unspecified atom stereocenters. The first-order valence-corrected chi connectivity index (χ1v) is 6.86. The Bertz CT molecular complexity index is 386. The second-order valence-electron chi connectivity index (χ2n) is 2.99. The lowest BCUT2D eigenvalue weighted by molar-refractivity contribution is -0.137. The SMILES string of the molecule is O=C(O)CCCNC(=O)c1cc(Br)c(Br)s1. The molecule has 0 aliphatic rings. The highest BCUT2D eigenvalue weighted by Gasteiger charge is 2.11. The first kappa shape index (κ1) is 13.7. The number of rotatable bonds is 5. The Hall–Kier alpha value is -0.400. The summed E-state index contributed by atoms with van der Waals surface area (Å²) < 4.78 is 1.70. The summed E-state index contributed by atoms with van der Waals surface area (Å²) in [6.07, 6.45) is 0.507. The molecule has 16 heavy (non-hydrogen) atoms. The molecular formula is C9H9Br2NO3S. The van der Waals surface area contributed by atoms with E-state index in [4.69, 9.17) is 5.11 Å². The van der Waals surface area contributed by atoms with Crippen LogP contribution in [-0.2, 0) is 4.79 Å². The normalized spacial score (nSPS) is 10.1. The predicted molar refractivity (Wildman–Crippen MR) is 68.9 cm³/mol. The monoisotopic (exact) mass is 369 g/mol. The second kappa shape index (κ2) is 6.36. The lowest BCUT2D eigenvalue weighted by Gasteiger charge is -2.01. The van der Waals surface area contributed by atoms with Crippen LogP contribution in [0.1, 0.15) is 22.5 Å². The number of amides is 1. The highest BCUT2D eigenvalue weighted by Crippen LogP contribution is 2.32. The van der Waals surface area contributed by atoms with E-state index in [1.807, 2.05) is 0 Å². The number of carbonyl (C=O) groups excluding carboxylic acids is 1. The van der Waals surface area contributed by atoms with Crippen LogP contribution in [0.4, 0.5) is 0 Å². The van der Waals surface area contributed by atoms with Crippen molar-refractivity contribution in [1.29, 1.82) is 0 Å². The summed E-state index contributed by atoms with van der Waals surface area (Å²) in [6, 6.07) is 1.72. The average molecular weight is 371 g/mol. The maximum atomic E-state index is 11.6. The second-order valence-corrected chi connectivity index (χ2v) is 6.21. The Balaban J connectivity index is 2.38. The molecule has 0 aromatic carbocycles. The molecule has 88 valence electrons. The van der Waals surface area contributed by atoms with Gasteiger partial charge in [-0.25, -0.2) is 0 Å². The first-order valence-electron chi connectivity index (χ1n) is 4.45. The molecule has 0 aliphatic carbocycles. The number of aliphatic carboxylic acids is 1. The smallest absolute Gasteiger partial charge is 0.303 e. The topological polar surface area (TPSA) is 66.4 Å². The minimum absolute atomic E-state index is 0.0676. The van der Waals surface area contributed by atoms with Gasteiger partial charge in [0.2, 0.25) is 0 Å². The Morgan fingerprint density at radius 2 is 2.12 bits per heavy atom. The third-order valence-electron chi connectivity index (χ3n) is 1.72. The van der Waals surface area contributed by atoms with E-state index in [9.17, 15) is 9.59 Å². The van der Waals surface area contributed by atoms with Gasteiger partial charge in [0, 0.05) is 17.4 Å². The van der Waals surface area contributed by atoms with Gasteiger partial charge in [0.15, 0.2) is 0 Å². The van der Waals surface area contributed by atoms with Crippen LogP contribution in [-0.4, -0.2) is 23.5 Å². The molecule has 2 N–H and O–H groups in total. The number of hydrogen-bond donors (Lipinski definition) is 2. The molecule has 0 bridgehead atoms. The number of carboxylic acids is 1. The van der Waals surface area contributed by atoms with Crippen molar-refractivity contribution in [2.45, 2.75) is 12.8 Å². The van der Waals surface area contributed by atoms with E-state index in [1.165, 1.54) is 11.3 Å². The molecule has 0 fully saturated rings. The van der Waals surface area contributed by atoms with Crippen molar-refractivity contribution in [2.75, 3.05) is 6.54 Å². The summed E-state index contributed by atoms with van der Waals surface area (Å²) in [5, 5.41) is 11.1. The van der Waals surface area contributed by atoms with Crippen LogP contribution in [0.5, 0.6) is 0 Å². The van der Waals surface area contributed by atoms with E-state index in [0.717, 1.165) is 8.26 Å². The zero-order valence-electron chi connectivity index (χ0n) is 8.13. The van der Waals surface area contributed by atoms with Crippen molar-refractivity contribution in [3.63, 3.8) is 0 Å². The molecule has 0 saturated heterocycles. The summed E-state index contributed by atoms with van der Waals surface area (Å²) in [4.78, 5) is 22.4. The molecule has 1 heterocycles. The van der Waals surface area contributed by atoms with Gasteiger partial charge in [-0.3, -0.25) is 9.59 Å². The van der Waals surface area contributed by atoms with Gasteiger partial charge in [-0.05, 0) is 44.3 Å². The number of hydrogen-bond acceptors (Lipinski definition) is 3. The van der Waals surface area contributed by atoms with Gasteiger partial charge >= 0.3 is 5.97 Å². The molecule has 4 nitrogen and oxygen atoms in total. The standard InChI is InChI=1S/C9H9Br2NO3S/c10-5-4-6(16-8(5)11)9(15)12-3-1-2-7(13)14/h4H,1-3H2,(H,12,15)(H,13,14). The molecule has 0 spiro atoms. The summed E-state index contributed by atoms with van der Waals surface area (Å²) >= 11 is 7.92. The molecule has 0 saturated carbocycles. The van der Waals surface area contributed by atoms with Crippen LogP contribution < -0.4 is 5.32 Å². The van der Waals surface area contributed by atoms with Crippen LogP contribution in [0, 0.1) is 0 Å². The van der Waals surface area contributed by atoms with Gasteiger partial charge in [0.1, 0.15) is 0 Å². The van der Waals surface area contributed by atoms with E-state index >= 15 is 0 Å². The molecule has 0 radical (unpaired) electrons. The zero-order chi connectivity index (χ0) is 12.1. The van der Waals surface area contributed by atoms with E-state index in [0.29, 0.717) is 17.8 Å².